The molecule has 1 aliphatic rings. The predicted octanol–water partition coefficient (Wildman–Crippen LogP) is 5.09. The van der Waals surface area contributed by atoms with Crippen molar-refractivity contribution < 1.29 is 18.4 Å². The van der Waals surface area contributed by atoms with Crippen LogP contribution in [0.3, 0.4) is 0 Å². The zero-order valence-electron chi connectivity index (χ0n) is 17.5. The summed E-state index contributed by atoms with van der Waals surface area (Å²) in [4.78, 5) is 27.7. The third-order valence-electron chi connectivity index (χ3n) is 5.50. The maximum Gasteiger partial charge on any atom is 0.251 e. The lowest BCUT2D eigenvalue weighted by molar-refractivity contribution is -0.122. The first-order chi connectivity index (χ1) is 14.7. The number of nitrogens with zero attached hydrogens (tertiary/aromatic N) is 1. The Kier molecular flexibility index (Phi) is 5.63. The lowest BCUT2D eigenvalue weighted by Gasteiger charge is -2.20. The molecule has 3 aromatic rings. The van der Waals surface area contributed by atoms with E-state index in [1.165, 1.54) is 12.1 Å². The molecule has 2 heterocycles. The summed E-state index contributed by atoms with van der Waals surface area (Å²) in [7, 11) is 0. The van der Waals surface area contributed by atoms with Gasteiger partial charge >= 0.3 is 0 Å². The Labute approximate surface area is 193 Å². The topological polar surface area (TPSA) is 62.6 Å². The molecule has 160 valence electrons. The molecule has 0 saturated heterocycles. The molecule has 1 N–H and O–H groups in total. The van der Waals surface area contributed by atoms with E-state index in [1.807, 2.05) is 32.9 Å². The lowest BCUT2D eigenvalue weighted by atomic mass is 9.86. The SMILES string of the molecule is Cc1ccc(CNC(=O)c2cc(I)c3c(c2)N(Cc2ccc(F)cc2)C(=O)C3(C)C)o1. The monoisotopic (exact) mass is 532 g/mol. The molecule has 5 nitrogen and oxygen atoms in total. The van der Waals surface area contributed by atoms with Crippen molar-refractivity contribution in [1.29, 1.82) is 0 Å². The van der Waals surface area contributed by atoms with Gasteiger partial charge in [0.15, 0.2) is 0 Å². The average molecular weight is 532 g/mol. The predicted molar refractivity (Wildman–Crippen MR) is 124 cm³/mol. The first kappa shape index (κ1) is 21.5. The van der Waals surface area contributed by atoms with Crippen LogP contribution in [-0.2, 0) is 23.3 Å². The van der Waals surface area contributed by atoms with Gasteiger partial charge in [-0.25, -0.2) is 4.39 Å². The summed E-state index contributed by atoms with van der Waals surface area (Å²) in [6.07, 6.45) is 0. The van der Waals surface area contributed by atoms with Crippen molar-refractivity contribution in [2.45, 2.75) is 39.3 Å². The number of carbonyl (C=O) groups is 2. The number of hydrogen-bond donors (Lipinski definition) is 1. The van der Waals surface area contributed by atoms with Crippen molar-refractivity contribution in [2.24, 2.45) is 0 Å². The molecule has 0 spiro atoms. The summed E-state index contributed by atoms with van der Waals surface area (Å²) in [5.41, 5.74) is 2.19. The Morgan fingerprint density at radius 3 is 2.52 bits per heavy atom. The number of rotatable bonds is 5. The van der Waals surface area contributed by atoms with E-state index < -0.39 is 5.41 Å². The van der Waals surface area contributed by atoms with E-state index in [0.717, 1.165) is 20.5 Å². The van der Waals surface area contributed by atoms with E-state index in [0.29, 0.717) is 23.6 Å². The summed E-state index contributed by atoms with van der Waals surface area (Å²) in [5.74, 6) is 0.851. The zero-order chi connectivity index (χ0) is 22.3. The van der Waals surface area contributed by atoms with E-state index in [2.05, 4.69) is 27.9 Å². The van der Waals surface area contributed by atoms with Crippen LogP contribution < -0.4 is 10.2 Å². The smallest absolute Gasteiger partial charge is 0.251 e. The van der Waals surface area contributed by atoms with Crippen LogP contribution >= 0.6 is 22.6 Å². The minimum atomic E-state index is -0.716. The molecular weight excluding hydrogens is 510 g/mol. The highest BCUT2D eigenvalue weighted by Gasteiger charge is 2.45. The van der Waals surface area contributed by atoms with Crippen LogP contribution in [-0.4, -0.2) is 11.8 Å². The molecule has 4 rings (SSSR count). The molecule has 0 aliphatic carbocycles. The van der Waals surface area contributed by atoms with Gasteiger partial charge in [0, 0.05) is 14.7 Å². The van der Waals surface area contributed by atoms with Gasteiger partial charge in [-0.15, -0.1) is 0 Å². The highest BCUT2D eigenvalue weighted by Crippen LogP contribution is 2.45. The summed E-state index contributed by atoms with van der Waals surface area (Å²) in [6.45, 7) is 6.22. The summed E-state index contributed by atoms with van der Waals surface area (Å²) in [6, 6.07) is 13.3. The number of amides is 2. The van der Waals surface area contributed by atoms with Gasteiger partial charge in [-0.3, -0.25) is 9.59 Å². The number of benzene rings is 2. The third-order valence-corrected chi connectivity index (χ3v) is 6.35. The van der Waals surface area contributed by atoms with Gasteiger partial charge in [-0.2, -0.15) is 0 Å². The normalized spacial score (nSPS) is 14.6. The second-order valence-corrected chi connectivity index (χ2v) is 9.35. The number of furan rings is 1. The molecule has 0 radical (unpaired) electrons. The van der Waals surface area contributed by atoms with E-state index >= 15 is 0 Å². The van der Waals surface area contributed by atoms with Gasteiger partial charge in [0.2, 0.25) is 5.91 Å². The molecule has 7 heteroatoms. The molecular formula is C24H22FIN2O3. The number of fused-ring (bicyclic) bond motifs is 1. The zero-order valence-corrected chi connectivity index (χ0v) is 19.6. The first-order valence-electron chi connectivity index (χ1n) is 9.91. The fourth-order valence-electron chi connectivity index (χ4n) is 3.89. The number of nitrogens with one attached hydrogen (secondary N) is 1. The Morgan fingerprint density at radius 1 is 1.16 bits per heavy atom. The quantitative estimate of drug-likeness (QED) is 0.466. The summed E-state index contributed by atoms with van der Waals surface area (Å²) < 4.78 is 19.7. The van der Waals surface area contributed by atoms with Crippen LogP contribution in [0.5, 0.6) is 0 Å². The van der Waals surface area contributed by atoms with Gasteiger partial charge < -0.3 is 14.6 Å². The van der Waals surface area contributed by atoms with Gasteiger partial charge in [0.05, 0.1) is 24.2 Å². The maximum absolute atomic E-state index is 13.3. The van der Waals surface area contributed by atoms with E-state index in [9.17, 15) is 14.0 Å². The molecule has 2 amide bonds. The second-order valence-electron chi connectivity index (χ2n) is 8.19. The Bertz CT molecular complexity index is 1170. The molecule has 0 fully saturated rings. The molecule has 0 atom stereocenters. The fourth-order valence-corrected chi connectivity index (χ4v) is 5.17. The number of halogens is 2. The van der Waals surface area contributed by atoms with Crippen molar-refractivity contribution in [1.82, 2.24) is 5.32 Å². The van der Waals surface area contributed by atoms with Crippen LogP contribution in [0.15, 0.2) is 52.9 Å². The van der Waals surface area contributed by atoms with Crippen molar-refractivity contribution >= 4 is 40.1 Å². The van der Waals surface area contributed by atoms with E-state index in [4.69, 9.17) is 4.42 Å². The van der Waals surface area contributed by atoms with Crippen LogP contribution in [0.1, 0.15) is 46.9 Å². The number of carbonyl (C=O) groups excluding carboxylic acids is 2. The molecule has 0 unspecified atom stereocenters. The Balaban J connectivity index is 1.65. The molecule has 2 aromatic carbocycles. The van der Waals surface area contributed by atoms with Gasteiger partial charge in [0.25, 0.3) is 5.91 Å². The highest BCUT2D eigenvalue weighted by atomic mass is 127. The first-order valence-corrected chi connectivity index (χ1v) is 11.0. The molecule has 0 bridgehead atoms. The standard InChI is InChI=1S/C24H22FIN2O3/c1-14-4-9-18(31-14)12-27-22(29)16-10-19(26)21-20(11-16)28(23(30)24(21,2)3)13-15-5-7-17(25)8-6-15/h4-11H,12-13H2,1-3H3,(H,27,29). The van der Waals surface area contributed by atoms with Crippen LogP contribution in [0, 0.1) is 16.3 Å². The number of anilines is 1. The number of hydrogen-bond acceptors (Lipinski definition) is 3. The minimum absolute atomic E-state index is 0.0478. The second kappa shape index (κ2) is 8.11. The lowest BCUT2D eigenvalue weighted by Crippen LogP contribution is -2.35. The van der Waals surface area contributed by atoms with Crippen molar-refractivity contribution in [3.05, 3.63) is 86.1 Å². The van der Waals surface area contributed by atoms with Crippen molar-refractivity contribution in [3.63, 3.8) is 0 Å². The Morgan fingerprint density at radius 2 is 1.87 bits per heavy atom. The third kappa shape index (κ3) is 4.11. The summed E-state index contributed by atoms with van der Waals surface area (Å²) in [5, 5.41) is 2.87. The van der Waals surface area contributed by atoms with Crippen molar-refractivity contribution in [3.8, 4) is 0 Å². The maximum atomic E-state index is 13.3. The average Bonchev–Trinajstić information content (AvgIpc) is 3.22. The van der Waals surface area contributed by atoms with Gasteiger partial charge in [-0.05, 0) is 85.3 Å². The van der Waals surface area contributed by atoms with E-state index in [-0.39, 0.29) is 24.2 Å². The van der Waals surface area contributed by atoms with Crippen LogP contribution in [0.2, 0.25) is 0 Å². The van der Waals surface area contributed by atoms with Gasteiger partial charge in [-0.1, -0.05) is 12.1 Å². The van der Waals surface area contributed by atoms with Crippen LogP contribution in [0.4, 0.5) is 10.1 Å². The molecule has 31 heavy (non-hydrogen) atoms. The van der Waals surface area contributed by atoms with Crippen molar-refractivity contribution in [2.75, 3.05) is 4.90 Å². The minimum Gasteiger partial charge on any atom is -0.465 e. The summed E-state index contributed by atoms with van der Waals surface area (Å²) >= 11 is 2.18. The van der Waals surface area contributed by atoms with Crippen LogP contribution in [0.25, 0.3) is 0 Å². The van der Waals surface area contributed by atoms with Gasteiger partial charge in [0.1, 0.15) is 17.3 Å². The Hall–Kier alpha value is -2.68. The fraction of sp³-hybridized carbons (Fsp3) is 0.250. The molecule has 1 aliphatic heterocycles. The molecule has 0 saturated carbocycles. The number of aryl methyl sites for hydroxylation is 1. The largest absolute Gasteiger partial charge is 0.465 e. The molecule has 1 aromatic heterocycles. The van der Waals surface area contributed by atoms with E-state index in [1.54, 1.807) is 29.2 Å². The highest BCUT2D eigenvalue weighted by molar-refractivity contribution is 14.1.